The lowest BCUT2D eigenvalue weighted by molar-refractivity contribution is -0.138. The van der Waals surface area contributed by atoms with E-state index in [0.717, 1.165) is 0 Å². The summed E-state index contributed by atoms with van der Waals surface area (Å²) in [6.07, 6.45) is -0.195. The normalized spacial score (nSPS) is 11.5. The molecule has 0 unspecified atom stereocenters. The van der Waals surface area contributed by atoms with Crippen LogP contribution in [-0.2, 0) is 11.3 Å². The highest BCUT2D eigenvalue weighted by molar-refractivity contribution is 5.81. The number of rotatable bonds is 10. The van der Waals surface area contributed by atoms with Crippen molar-refractivity contribution in [3.8, 4) is 34.4 Å². The van der Waals surface area contributed by atoms with Gasteiger partial charge in [0.2, 0.25) is 11.7 Å². The molecule has 0 saturated heterocycles. The van der Waals surface area contributed by atoms with E-state index in [4.69, 9.17) is 23.5 Å². The first kappa shape index (κ1) is 22.9. The number of carbonyl (C=O) groups is 1. The standard InChI is InChI=1S/C23H27N3O6/c1-6-17(31-19-10-8-7-9-18(19)29-4)23(27)26(2)14-21-24-22(25-32-21)16-12-11-15(28-3)13-20(16)30-5/h7-13,17H,6,14H2,1-5H3/t17-/m0/s1. The molecule has 0 fully saturated rings. The Morgan fingerprint density at radius 2 is 1.75 bits per heavy atom. The van der Waals surface area contributed by atoms with Crippen molar-refractivity contribution in [1.82, 2.24) is 15.0 Å². The van der Waals surface area contributed by atoms with Crippen LogP contribution < -0.4 is 18.9 Å². The van der Waals surface area contributed by atoms with Crippen LogP contribution in [-0.4, -0.2) is 55.4 Å². The molecule has 0 spiro atoms. The molecule has 0 aliphatic carbocycles. The van der Waals surface area contributed by atoms with Gasteiger partial charge in [0.15, 0.2) is 17.6 Å². The van der Waals surface area contributed by atoms with E-state index in [-0.39, 0.29) is 12.5 Å². The molecule has 170 valence electrons. The third kappa shape index (κ3) is 5.11. The Morgan fingerprint density at radius 1 is 1.03 bits per heavy atom. The van der Waals surface area contributed by atoms with Crippen molar-refractivity contribution < 1.29 is 28.3 Å². The van der Waals surface area contributed by atoms with Crippen molar-refractivity contribution in [3.63, 3.8) is 0 Å². The van der Waals surface area contributed by atoms with Crippen LogP contribution >= 0.6 is 0 Å². The minimum atomic E-state index is -0.680. The number of amides is 1. The van der Waals surface area contributed by atoms with Crippen LogP contribution in [0, 0.1) is 0 Å². The number of carbonyl (C=O) groups excluding carboxylic acids is 1. The largest absolute Gasteiger partial charge is 0.497 e. The number of aromatic nitrogens is 2. The zero-order chi connectivity index (χ0) is 23.1. The SMILES string of the molecule is CC[C@H](Oc1ccccc1OC)C(=O)N(C)Cc1nc(-c2ccc(OC)cc2OC)no1. The van der Waals surface area contributed by atoms with Crippen molar-refractivity contribution in [2.45, 2.75) is 26.0 Å². The topological polar surface area (TPSA) is 96.2 Å². The molecular weight excluding hydrogens is 414 g/mol. The molecule has 0 saturated carbocycles. The molecule has 3 aromatic rings. The van der Waals surface area contributed by atoms with E-state index in [9.17, 15) is 4.79 Å². The second-order valence-corrected chi connectivity index (χ2v) is 6.94. The Morgan fingerprint density at radius 3 is 2.41 bits per heavy atom. The van der Waals surface area contributed by atoms with E-state index in [1.165, 1.54) is 4.90 Å². The third-order valence-electron chi connectivity index (χ3n) is 4.85. The average Bonchev–Trinajstić information content (AvgIpc) is 3.29. The fourth-order valence-corrected chi connectivity index (χ4v) is 3.12. The van der Waals surface area contributed by atoms with Gasteiger partial charge in [-0.15, -0.1) is 0 Å². The van der Waals surface area contributed by atoms with Crippen molar-refractivity contribution in [2.75, 3.05) is 28.4 Å². The molecule has 32 heavy (non-hydrogen) atoms. The molecule has 0 aliphatic heterocycles. The quantitative estimate of drug-likeness (QED) is 0.471. The van der Waals surface area contributed by atoms with Gasteiger partial charge in [-0.05, 0) is 30.7 Å². The Hall–Kier alpha value is -3.75. The van der Waals surface area contributed by atoms with Crippen LogP contribution in [0.5, 0.6) is 23.0 Å². The number of hydrogen-bond donors (Lipinski definition) is 0. The predicted octanol–water partition coefficient (Wildman–Crippen LogP) is 3.58. The summed E-state index contributed by atoms with van der Waals surface area (Å²) in [6.45, 7) is 2.02. The highest BCUT2D eigenvalue weighted by atomic mass is 16.5. The number of likely N-dealkylation sites (N-methyl/N-ethyl adjacent to an activating group) is 1. The van der Waals surface area contributed by atoms with Gasteiger partial charge in [-0.25, -0.2) is 0 Å². The second kappa shape index (κ2) is 10.5. The highest BCUT2D eigenvalue weighted by Crippen LogP contribution is 2.32. The minimum Gasteiger partial charge on any atom is -0.497 e. The summed E-state index contributed by atoms with van der Waals surface area (Å²) in [4.78, 5) is 18.9. The molecule has 1 atom stereocenters. The van der Waals surface area contributed by atoms with Crippen LogP contribution in [0.2, 0.25) is 0 Å². The lowest BCUT2D eigenvalue weighted by Gasteiger charge is -2.23. The maximum atomic E-state index is 13.0. The molecule has 2 aromatic carbocycles. The van der Waals surface area contributed by atoms with Gasteiger partial charge in [0.05, 0.1) is 33.4 Å². The summed E-state index contributed by atoms with van der Waals surface area (Å²) in [5.74, 6) is 2.73. The first-order valence-corrected chi connectivity index (χ1v) is 10.1. The lowest BCUT2D eigenvalue weighted by Crippen LogP contribution is -2.39. The molecule has 9 nitrogen and oxygen atoms in total. The number of hydrogen-bond acceptors (Lipinski definition) is 8. The van der Waals surface area contributed by atoms with E-state index < -0.39 is 6.10 Å². The van der Waals surface area contributed by atoms with Crippen LogP contribution in [0.15, 0.2) is 47.0 Å². The Bertz CT molecular complexity index is 1050. The number of ether oxygens (including phenoxy) is 4. The first-order valence-electron chi connectivity index (χ1n) is 10.1. The van der Waals surface area contributed by atoms with Crippen LogP contribution in [0.25, 0.3) is 11.4 Å². The zero-order valence-corrected chi connectivity index (χ0v) is 18.8. The second-order valence-electron chi connectivity index (χ2n) is 6.94. The van der Waals surface area contributed by atoms with Gasteiger partial charge in [0, 0.05) is 13.1 Å². The maximum absolute atomic E-state index is 13.0. The summed E-state index contributed by atoms with van der Waals surface area (Å²) < 4.78 is 27.2. The molecule has 1 aromatic heterocycles. The Balaban J connectivity index is 1.71. The summed E-state index contributed by atoms with van der Waals surface area (Å²) in [5.41, 5.74) is 0.656. The summed E-state index contributed by atoms with van der Waals surface area (Å²) in [7, 11) is 6.35. The van der Waals surface area contributed by atoms with E-state index in [0.29, 0.717) is 46.7 Å². The molecule has 0 N–H and O–H groups in total. The Labute approximate surface area is 186 Å². The molecule has 0 aliphatic rings. The summed E-state index contributed by atoms with van der Waals surface area (Å²) >= 11 is 0. The molecule has 3 rings (SSSR count). The van der Waals surface area contributed by atoms with E-state index in [2.05, 4.69) is 10.1 Å². The fraction of sp³-hybridized carbons (Fsp3) is 0.348. The van der Waals surface area contributed by atoms with Gasteiger partial charge < -0.3 is 28.4 Å². The smallest absolute Gasteiger partial charge is 0.263 e. The summed E-state index contributed by atoms with van der Waals surface area (Å²) in [6, 6.07) is 12.5. The van der Waals surface area contributed by atoms with Crippen molar-refractivity contribution in [2.24, 2.45) is 0 Å². The van der Waals surface area contributed by atoms with Gasteiger partial charge in [0.25, 0.3) is 5.91 Å². The number of benzene rings is 2. The van der Waals surface area contributed by atoms with E-state index >= 15 is 0 Å². The predicted molar refractivity (Wildman–Crippen MR) is 117 cm³/mol. The van der Waals surface area contributed by atoms with Gasteiger partial charge in [-0.2, -0.15) is 4.98 Å². The molecule has 1 heterocycles. The molecule has 0 radical (unpaired) electrons. The van der Waals surface area contributed by atoms with E-state index in [1.54, 1.807) is 58.7 Å². The fourth-order valence-electron chi connectivity index (χ4n) is 3.12. The van der Waals surface area contributed by atoms with Gasteiger partial charge in [-0.3, -0.25) is 4.79 Å². The van der Waals surface area contributed by atoms with E-state index in [1.807, 2.05) is 19.1 Å². The Kier molecular flexibility index (Phi) is 7.54. The van der Waals surface area contributed by atoms with Crippen molar-refractivity contribution in [3.05, 3.63) is 48.4 Å². The highest BCUT2D eigenvalue weighted by Gasteiger charge is 2.25. The average molecular weight is 441 g/mol. The lowest BCUT2D eigenvalue weighted by atomic mass is 10.2. The van der Waals surface area contributed by atoms with Crippen LogP contribution in [0.4, 0.5) is 0 Å². The van der Waals surface area contributed by atoms with Crippen LogP contribution in [0.3, 0.4) is 0 Å². The number of methoxy groups -OCH3 is 3. The minimum absolute atomic E-state index is 0.135. The van der Waals surface area contributed by atoms with Crippen molar-refractivity contribution >= 4 is 5.91 Å². The molecule has 1 amide bonds. The third-order valence-corrected chi connectivity index (χ3v) is 4.85. The zero-order valence-electron chi connectivity index (χ0n) is 18.8. The monoisotopic (exact) mass is 441 g/mol. The number of nitrogens with zero attached hydrogens (tertiary/aromatic N) is 3. The first-order chi connectivity index (χ1) is 15.5. The molecule has 9 heteroatoms. The van der Waals surface area contributed by atoms with Crippen molar-refractivity contribution in [1.29, 1.82) is 0 Å². The molecular formula is C23H27N3O6. The molecule has 0 bridgehead atoms. The van der Waals surface area contributed by atoms with Crippen LogP contribution in [0.1, 0.15) is 19.2 Å². The number of para-hydroxylation sites is 2. The van der Waals surface area contributed by atoms with Gasteiger partial charge in [-0.1, -0.05) is 24.2 Å². The van der Waals surface area contributed by atoms with Gasteiger partial charge in [0.1, 0.15) is 11.5 Å². The summed E-state index contributed by atoms with van der Waals surface area (Å²) in [5, 5.41) is 4.03. The van der Waals surface area contributed by atoms with Gasteiger partial charge >= 0.3 is 0 Å². The maximum Gasteiger partial charge on any atom is 0.263 e.